The Kier molecular flexibility index (Phi) is 45.0. The largest absolute Gasteiger partial charge is 0.472 e. The second-order valence-corrected chi connectivity index (χ2v) is 17.5. The minimum atomic E-state index is -4.44. The number of allylic oxidation sites excluding steroid dienone is 12. The molecule has 9 nitrogen and oxygen atoms in total. The van der Waals surface area contributed by atoms with Crippen LogP contribution in [0.1, 0.15) is 206 Å². The van der Waals surface area contributed by atoms with Crippen molar-refractivity contribution in [3.8, 4) is 0 Å². The molecule has 0 bridgehead atoms. The Balaban J connectivity index is 3.65. The van der Waals surface area contributed by atoms with Crippen molar-refractivity contribution < 1.29 is 37.9 Å². The number of carbonyl (C=O) groups is 2. The number of phosphoric acid groups is 1. The van der Waals surface area contributed by atoms with Gasteiger partial charge >= 0.3 is 13.8 Å². The third-order valence-electron chi connectivity index (χ3n) is 10.2. The number of hydrogen-bond acceptors (Lipinski definition) is 7. The summed E-state index contributed by atoms with van der Waals surface area (Å²) in [7, 11) is -4.44. The number of aliphatic hydroxyl groups is 1. The molecule has 0 spiro atoms. The maximum Gasteiger partial charge on any atom is 0.472 e. The fraction of sp³-hybridized carbons (Fsp3) is 0.725. The Bertz CT molecular complexity index is 1230. The van der Waals surface area contributed by atoms with Gasteiger partial charge in [-0.25, -0.2) is 4.57 Å². The summed E-state index contributed by atoms with van der Waals surface area (Å²) >= 11 is 0. The van der Waals surface area contributed by atoms with Gasteiger partial charge in [0.25, 0.3) is 0 Å². The van der Waals surface area contributed by atoms with Gasteiger partial charge in [0.2, 0.25) is 5.91 Å². The highest BCUT2D eigenvalue weighted by atomic mass is 31.2. The molecular formula is C51H90NO8P. The van der Waals surface area contributed by atoms with Gasteiger partial charge in [-0.05, 0) is 51.4 Å². The minimum absolute atomic E-state index is 0.0379. The smallest absolute Gasteiger partial charge is 0.463 e. The Morgan fingerprint density at radius 3 is 1.34 bits per heavy atom. The minimum Gasteiger partial charge on any atom is -0.463 e. The van der Waals surface area contributed by atoms with E-state index in [0.29, 0.717) is 12.8 Å². The lowest BCUT2D eigenvalue weighted by Gasteiger charge is -2.15. The highest BCUT2D eigenvalue weighted by Crippen LogP contribution is 2.42. The van der Waals surface area contributed by atoms with Gasteiger partial charge in [-0.3, -0.25) is 18.6 Å². The molecule has 0 radical (unpaired) electrons. The van der Waals surface area contributed by atoms with Crippen LogP contribution in [-0.2, 0) is 27.9 Å². The second kappa shape index (κ2) is 46.9. The predicted molar refractivity (Wildman–Crippen MR) is 256 cm³/mol. The fourth-order valence-electron chi connectivity index (χ4n) is 6.52. The van der Waals surface area contributed by atoms with Crippen molar-refractivity contribution in [3.63, 3.8) is 0 Å². The van der Waals surface area contributed by atoms with Crippen molar-refractivity contribution in [1.82, 2.24) is 5.32 Å². The van der Waals surface area contributed by atoms with Crippen LogP contribution in [0, 0.1) is 0 Å². The van der Waals surface area contributed by atoms with Crippen LogP contribution in [0.4, 0.5) is 0 Å². The number of phosphoric ester groups is 1. The van der Waals surface area contributed by atoms with Gasteiger partial charge in [-0.2, -0.15) is 0 Å². The summed E-state index contributed by atoms with van der Waals surface area (Å²) in [5.41, 5.74) is 0. The molecule has 2 unspecified atom stereocenters. The number of esters is 1. The van der Waals surface area contributed by atoms with Crippen LogP contribution in [-0.4, -0.2) is 54.3 Å². The summed E-state index contributed by atoms with van der Waals surface area (Å²) in [5.74, 6) is -0.600. The molecule has 1 amide bonds. The lowest BCUT2D eigenvalue weighted by Crippen LogP contribution is -2.27. The van der Waals surface area contributed by atoms with Gasteiger partial charge in [-0.15, -0.1) is 0 Å². The molecule has 0 heterocycles. The number of amides is 1. The fourth-order valence-corrected chi connectivity index (χ4v) is 7.28. The molecule has 0 aromatic heterocycles. The maximum atomic E-state index is 12.1. The molecule has 61 heavy (non-hydrogen) atoms. The van der Waals surface area contributed by atoms with Crippen molar-refractivity contribution in [1.29, 1.82) is 0 Å². The van der Waals surface area contributed by atoms with E-state index in [1.54, 1.807) is 0 Å². The molecular weight excluding hydrogens is 786 g/mol. The number of ether oxygens (including phenoxy) is 1. The highest BCUT2D eigenvalue weighted by molar-refractivity contribution is 7.47. The molecule has 0 aliphatic carbocycles. The van der Waals surface area contributed by atoms with E-state index in [2.05, 4.69) is 79.9 Å². The van der Waals surface area contributed by atoms with Crippen LogP contribution in [0.2, 0.25) is 0 Å². The monoisotopic (exact) mass is 876 g/mol. The second-order valence-electron chi connectivity index (χ2n) is 16.1. The molecule has 0 aromatic rings. The van der Waals surface area contributed by atoms with Gasteiger partial charge in [-0.1, -0.05) is 215 Å². The van der Waals surface area contributed by atoms with Crippen molar-refractivity contribution >= 4 is 19.7 Å². The third kappa shape index (κ3) is 48.3. The van der Waals surface area contributed by atoms with Gasteiger partial charge in [0.05, 0.1) is 13.2 Å². The first kappa shape index (κ1) is 58.5. The zero-order valence-electron chi connectivity index (χ0n) is 38.8. The van der Waals surface area contributed by atoms with Crippen LogP contribution in [0.25, 0.3) is 0 Å². The van der Waals surface area contributed by atoms with Gasteiger partial charge in [0, 0.05) is 19.4 Å². The van der Waals surface area contributed by atoms with Gasteiger partial charge in [0.1, 0.15) is 12.7 Å². The predicted octanol–water partition coefficient (Wildman–Crippen LogP) is 14.2. The Morgan fingerprint density at radius 1 is 0.525 bits per heavy atom. The topological polar surface area (TPSA) is 131 Å². The van der Waals surface area contributed by atoms with E-state index in [9.17, 15) is 24.2 Å². The summed E-state index contributed by atoms with van der Waals surface area (Å²) in [4.78, 5) is 34.0. The molecule has 0 aliphatic rings. The first-order valence-corrected chi connectivity index (χ1v) is 25.9. The van der Waals surface area contributed by atoms with Crippen molar-refractivity contribution in [2.24, 2.45) is 0 Å². The van der Waals surface area contributed by atoms with Crippen LogP contribution < -0.4 is 5.32 Å². The average molecular weight is 876 g/mol. The summed E-state index contributed by atoms with van der Waals surface area (Å²) in [6.07, 6.45) is 58.6. The highest BCUT2D eigenvalue weighted by Gasteiger charge is 2.23. The van der Waals surface area contributed by atoms with Crippen LogP contribution in [0.5, 0.6) is 0 Å². The Hall–Kier alpha value is -2.55. The maximum absolute atomic E-state index is 12.1. The third-order valence-corrected chi connectivity index (χ3v) is 11.1. The molecule has 0 aliphatic heterocycles. The van der Waals surface area contributed by atoms with E-state index in [1.165, 1.54) is 116 Å². The Labute approximate surface area is 373 Å². The molecule has 3 N–H and O–H groups in total. The van der Waals surface area contributed by atoms with Crippen LogP contribution >= 0.6 is 7.82 Å². The number of nitrogens with one attached hydrogen (secondary N) is 1. The molecule has 0 rings (SSSR count). The number of carbonyl (C=O) groups excluding carboxylic acids is 2. The van der Waals surface area contributed by atoms with Crippen molar-refractivity contribution in [3.05, 3.63) is 72.9 Å². The molecule has 10 heteroatoms. The SMILES string of the molecule is CC/C=C\C/C=C\C/C=C\C/C=C\C/C=C\C/C=C\CCC(=O)NCCOP(=O)(O)OCC(O)COC(=O)CCCCCCCCCCCCCCCCCCCCCCC. The van der Waals surface area contributed by atoms with E-state index in [4.69, 9.17) is 13.8 Å². The van der Waals surface area contributed by atoms with E-state index < -0.39 is 26.5 Å². The summed E-state index contributed by atoms with van der Waals surface area (Å²) in [6, 6.07) is 0. The molecule has 2 atom stereocenters. The standard InChI is InChI=1S/C51H90NO8P/c1-3-5-7-9-11-13-15-17-19-21-23-24-26-28-30-32-34-36-38-40-42-44-51(55)58-47-49(53)48-60-61(56,57)59-46-45-52-50(54)43-41-39-37-35-33-31-29-27-25-22-20-18-16-14-12-10-8-6-4-2/h6,8,12,14,18,20,25,27,31,33,37,39,49,53H,3-5,7,9-11,13,15-17,19,21-24,26,28-30,32,34-36,38,40-48H2,1-2H3,(H,52,54)(H,56,57)/b8-6-,14-12-,20-18-,27-25-,33-31-,39-37-. The molecule has 352 valence electrons. The number of hydrogen-bond donors (Lipinski definition) is 3. The molecule has 0 aromatic carbocycles. The zero-order valence-corrected chi connectivity index (χ0v) is 39.7. The van der Waals surface area contributed by atoms with E-state index >= 15 is 0 Å². The van der Waals surface area contributed by atoms with E-state index in [-0.39, 0.29) is 32.1 Å². The number of rotatable bonds is 45. The van der Waals surface area contributed by atoms with Crippen molar-refractivity contribution in [2.75, 3.05) is 26.4 Å². The molecule has 0 saturated carbocycles. The van der Waals surface area contributed by atoms with E-state index in [0.717, 1.165) is 57.8 Å². The lowest BCUT2D eigenvalue weighted by molar-refractivity contribution is -0.147. The van der Waals surface area contributed by atoms with Crippen LogP contribution in [0.3, 0.4) is 0 Å². The quantitative estimate of drug-likeness (QED) is 0.0239. The summed E-state index contributed by atoms with van der Waals surface area (Å²) in [6.45, 7) is 3.36. The first-order chi connectivity index (χ1) is 29.8. The average Bonchev–Trinajstić information content (AvgIpc) is 3.25. The zero-order chi connectivity index (χ0) is 44.6. The van der Waals surface area contributed by atoms with Gasteiger partial charge in [0.15, 0.2) is 0 Å². The Morgan fingerprint density at radius 2 is 0.918 bits per heavy atom. The summed E-state index contributed by atoms with van der Waals surface area (Å²) in [5, 5.41) is 12.7. The van der Waals surface area contributed by atoms with E-state index in [1.807, 2.05) is 12.2 Å². The van der Waals surface area contributed by atoms with Crippen LogP contribution in [0.15, 0.2) is 72.9 Å². The lowest BCUT2D eigenvalue weighted by atomic mass is 10.0. The normalized spacial score (nSPS) is 13.8. The first-order valence-electron chi connectivity index (χ1n) is 24.4. The van der Waals surface area contributed by atoms with Gasteiger partial charge < -0.3 is 20.1 Å². The number of unbranched alkanes of at least 4 members (excludes halogenated alkanes) is 20. The van der Waals surface area contributed by atoms with Crippen molar-refractivity contribution in [2.45, 2.75) is 213 Å². The summed E-state index contributed by atoms with van der Waals surface area (Å²) < 4.78 is 26.9. The number of aliphatic hydroxyl groups excluding tert-OH is 1. The molecule has 0 fully saturated rings. The molecule has 0 saturated heterocycles.